The molecular weight excluding hydrogens is 460 g/mol. The number of carbonyl (C=O) groups is 1. The molecule has 4 aromatic heterocycles. The van der Waals surface area contributed by atoms with E-state index >= 15 is 0 Å². The highest BCUT2D eigenvalue weighted by molar-refractivity contribution is 6.03. The molecule has 0 unspecified atom stereocenters. The number of nitrogens with one attached hydrogen (secondary N) is 1. The fraction of sp³-hybridized carbons (Fsp3) is 0.360. The van der Waals surface area contributed by atoms with Gasteiger partial charge in [-0.25, -0.2) is 4.68 Å². The van der Waals surface area contributed by atoms with Gasteiger partial charge in [0.1, 0.15) is 11.5 Å². The zero-order valence-corrected chi connectivity index (χ0v) is 20.7. The van der Waals surface area contributed by atoms with E-state index < -0.39 is 0 Å². The van der Waals surface area contributed by atoms with Crippen LogP contribution in [0.15, 0.2) is 47.5 Å². The molecule has 0 radical (unpaired) electrons. The van der Waals surface area contributed by atoms with Crippen LogP contribution in [-0.2, 0) is 10.2 Å². The van der Waals surface area contributed by atoms with Gasteiger partial charge in [-0.1, -0.05) is 31.1 Å². The lowest BCUT2D eigenvalue weighted by Gasteiger charge is -2.28. The van der Waals surface area contributed by atoms with Gasteiger partial charge in [0.25, 0.3) is 5.91 Å². The molecular formula is C25H28N8O3. The number of ether oxygens (including phenoxy) is 1. The Morgan fingerprint density at radius 3 is 2.64 bits per heavy atom. The summed E-state index contributed by atoms with van der Waals surface area (Å²) in [4.78, 5) is 23.9. The third-order valence-electron chi connectivity index (χ3n) is 5.95. The molecule has 0 bridgehead atoms. The summed E-state index contributed by atoms with van der Waals surface area (Å²) in [6.07, 6.45) is 6.93. The maximum Gasteiger partial charge on any atom is 0.258 e. The standard InChI is InChI=1S/C25H28N8O3/c1-16-21(10-18(13-27-16)24(34)28-23-11-22(36-30-23)25(2,3)4)33-15-20(29-31-33)17-9-19(14-26-12-17)32-5-7-35-8-6-32/h9-15H,5-8H2,1-4H3,(H,28,30,34). The van der Waals surface area contributed by atoms with Gasteiger partial charge in [-0.05, 0) is 19.1 Å². The highest BCUT2D eigenvalue weighted by Gasteiger charge is 2.21. The molecule has 0 saturated carbocycles. The molecule has 1 saturated heterocycles. The van der Waals surface area contributed by atoms with Gasteiger partial charge in [0.15, 0.2) is 5.82 Å². The molecule has 4 aromatic rings. The van der Waals surface area contributed by atoms with Crippen molar-refractivity contribution in [2.45, 2.75) is 33.1 Å². The highest BCUT2D eigenvalue weighted by Crippen LogP contribution is 2.26. The molecule has 1 aliphatic heterocycles. The Labute approximate surface area is 208 Å². The third kappa shape index (κ3) is 4.96. The summed E-state index contributed by atoms with van der Waals surface area (Å²) in [7, 11) is 0. The molecule has 1 fully saturated rings. The average molecular weight is 489 g/mol. The fourth-order valence-corrected chi connectivity index (χ4v) is 3.83. The van der Waals surface area contributed by atoms with Gasteiger partial charge in [0.05, 0.1) is 48.2 Å². The van der Waals surface area contributed by atoms with Crippen molar-refractivity contribution in [1.29, 1.82) is 0 Å². The summed E-state index contributed by atoms with van der Waals surface area (Å²) in [5.74, 6) is 0.686. The molecule has 1 aliphatic rings. The van der Waals surface area contributed by atoms with Crippen LogP contribution in [0.5, 0.6) is 0 Å². The first-order chi connectivity index (χ1) is 17.3. The van der Waals surface area contributed by atoms with Crippen molar-refractivity contribution in [3.05, 3.63) is 60.0 Å². The maximum absolute atomic E-state index is 12.9. The zero-order chi connectivity index (χ0) is 25.3. The molecule has 0 aliphatic carbocycles. The van der Waals surface area contributed by atoms with Gasteiger partial charge in [0, 0.05) is 42.5 Å². The van der Waals surface area contributed by atoms with Gasteiger partial charge >= 0.3 is 0 Å². The fourth-order valence-electron chi connectivity index (χ4n) is 3.83. The van der Waals surface area contributed by atoms with E-state index in [1.165, 1.54) is 6.20 Å². The molecule has 1 N–H and O–H groups in total. The quantitative estimate of drug-likeness (QED) is 0.450. The molecule has 11 heteroatoms. The molecule has 5 rings (SSSR count). The lowest BCUT2D eigenvalue weighted by Crippen LogP contribution is -2.36. The van der Waals surface area contributed by atoms with Crippen LogP contribution in [0.25, 0.3) is 16.9 Å². The number of pyridine rings is 2. The Balaban J connectivity index is 1.36. The maximum atomic E-state index is 12.9. The van der Waals surface area contributed by atoms with Gasteiger partial charge < -0.3 is 19.5 Å². The van der Waals surface area contributed by atoms with Crippen LogP contribution in [0.4, 0.5) is 11.5 Å². The van der Waals surface area contributed by atoms with Crippen molar-refractivity contribution in [2.24, 2.45) is 0 Å². The number of amides is 1. The van der Waals surface area contributed by atoms with E-state index in [-0.39, 0.29) is 11.3 Å². The lowest BCUT2D eigenvalue weighted by molar-refractivity contribution is 0.102. The summed E-state index contributed by atoms with van der Waals surface area (Å²) in [6, 6.07) is 5.50. The minimum Gasteiger partial charge on any atom is -0.378 e. The van der Waals surface area contributed by atoms with E-state index in [9.17, 15) is 4.79 Å². The van der Waals surface area contributed by atoms with Crippen LogP contribution in [0.2, 0.25) is 0 Å². The number of nitrogens with zero attached hydrogens (tertiary/aromatic N) is 7. The van der Waals surface area contributed by atoms with E-state index in [0.717, 1.165) is 24.3 Å². The van der Waals surface area contributed by atoms with Gasteiger partial charge in [0.2, 0.25) is 0 Å². The van der Waals surface area contributed by atoms with Crippen molar-refractivity contribution in [1.82, 2.24) is 30.1 Å². The Morgan fingerprint density at radius 2 is 1.89 bits per heavy atom. The van der Waals surface area contributed by atoms with Crippen LogP contribution < -0.4 is 10.2 Å². The van der Waals surface area contributed by atoms with Gasteiger partial charge in [-0.15, -0.1) is 5.10 Å². The largest absolute Gasteiger partial charge is 0.378 e. The van der Waals surface area contributed by atoms with Crippen molar-refractivity contribution in [3.8, 4) is 16.9 Å². The molecule has 11 nitrogen and oxygen atoms in total. The predicted octanol–water partition coefficient (Wildman–Crippen LogP) is 3.41. The number of aryl methyl sites for hydroxylation is 1. The molecule has 36 heavy (non-hydrogen) atoms. The van der Waals surface area contributed by atoms with Crippen LogP contribution in [0.1, 0.15) is 42.6 Å². The van der Waals surface area contributed by atoms with Gasteiger partial charge in [-0.3, -0.25) is 14.8 Å². The predicted molar refractivity (Wildman–Crippen MR) is 133 cm³/mol. The minimum absolute atomic E-state index is 0.212. The van der Waals surface area contributed by atoms with E-state index in [1.54, 1.807) is 29.2 Å². The molecule has 1 amide bonds. The molecule has 5 heterocycles. The smallest absolute Gasteiger partial charge is 0.258 e. The first kappa shape index (κ1) is 23.6. The zero-order valence-electron chi connectivity index (χ0n) is 20.7. The third-order valence-corrected chi connectivity index (χ3v) is 5.95. The van der Waals surface area contributed by atoms with Crippen LogP contribution in [-0.4, -0.2) is 62.3 Å². The summed E-state index contributed by atoms with van der Waals surface area (Å²) in [5.41, 5.74) is 4.05. The number of aromatic nitrogens is 6. The Bertz CT molecular complexity index is 1380. The monoisotopic (exact) mass is 488 g/mol. The average Bonchev–Trinajstić information content (AvgIpc) is 3.55. The molecule has 0 atom stereocenters. The number of hydrogen-bond donors (Lipinski definition) is 1. The van der Waals surface area contributed by atoms with E-state index in [4.69, 9.17) is 9.26 Å². The van der Waals surface area contributed by atoms with Crippen molar-refractivity contribution in [3.63, 3.8) is 0 Å². The van der Waals surface area contributed by atoms with Crippen LogP contribution >= 0.6 is 0 Å². The van der Waals surface area contributed by atoms with Crippen molar-refractivity contribution < 1.29 is 14.1 Å². The van der Waals surface area contributed by atoms with Crippen molar-refractivity contribution in [2.75, 3.05) is 36.5 Å². The SMILES string of the molecule is Cc1ncc(C(=O)Nc2cc(C(C)(C)C)on2)cc1-n1cc(-c2cncc(N3CCOCC3)c2)nn1. The Kier molecular flexibility index (Phi) is 6.23. The van der Waals surface area contributed by atoms with E-state index in [2.05, 4.69) is 35.7 Å². The molecule has 186 valence electrons. The summed E-state index contributed by atoms with van der Waals surface area (Å²) in [6.45, 7) is 10.9. The normalized spacial score (nSPS) is 14.2. The number of morpholine rings is 1. The van der Waals surface area contributed by atoms with E-state index in [1.807, 2.05) is 40.0 Å². The number of rotatable bonds is 5. The molecule has 0 spiro atoms. The van der Waals surface area contributed by atoms with Crippen LogP contribution in [0, 0.1) is 6.92 Å². The van der Waals surface area contributed by atoms with E-state index in [0.29, 0.717) is 47.4 Å². The second-order valence-electron chi connectivity index (χ2n) is 9.69. The summed E-state index contributed by atoms with van der Waals surface area (Å²) < 4.78 is 12.4. The topological polar surface area (TPSA) is 124 Å². The Morgan fingerprint density at radius 1 is 1.08 bits per heavy atom. The first-order valence-electron chi connectivity index (χ1n) is 11.7. The molecule has 0 aromatic carbocycles. The number of anilines is 2. The van der Waals surface area contributed by atoms with Crippen molar-refractivity contribution >= 4 is 17.4 Å². The van der Waals surface area contributed by atoms with Crippen LogP contribution in [0.3, 0.4) is 0 Å². The Hall–Kier alpha value is -4.12. The second kappa shape index (κ2) is 9.50. The summed E-state index contributed by atoms with van der Waals surface area (Å²) >= 11 is 0. The second-order valence-corrected chi connectivity index (χ2v) is 9.69. The summed E-state index contributed by atoms with van der Waals surface area (Å²) in [5, 5.41) is 15.3. The minimum atomic E-state index is -0.347. The highest BCUT2D eigenvalue weighted by atomic mass is 16.5. The number of hydrogen-bond acceptors (Lipinski definition) is 9. The first-order valence-corrected chi connectivity index (χ1v) is 11.7. The van der Waals surface area contributed by atoms with Gasteiger partial charge in [-0.2, -0.15) is 0 Å². The lowest BCUT2D eigenvalue weighted by atomic mass is 9.93. The number of carbonyl (C=O) groups excluding carboxylic acids is 1.